The molecule has 0 aliphatic carbocycles. The Labute approximate surface area is 80.7 Å². The van der Waals surface area contributed by atoms with Gasteiger partial charge in [-0.25, -0.2) is 8.42 Å². The van der Waals surface area contributed by atoms with Crippen molar-refractivity contribution in [3.05, 3.63) is 0 Å². The molecule has 0 aliphatic heterocycles. The number of carbonyl (C=O) groups is 2. The van der Waals surface area contributed by atoms with Crippen LogP contribution in [0.5, 0.6) is 0 Å². The highest BCUT2D eigenvalue weighted by Gasteiger charge is 2.35. The summed E-state index contributed by atoms with van der Waals surface area (Å²) in [7, 11) is -4.24. The Balaban J connectivity index is 4.93. The van der Waals surface area contributed by atoms with Crippen LogP contribution < -0.4 is 0 Å². The predicted molar refractivity (Wildman–Crippen MR) is 42.1 cm³/mol. The molecule has 0 aromatic heterocycles. The minimum absolute atomic E-state index is 0.137. The molecule has 7 nitrogen and oxygen atoms in total. The Hall–Kier alpha value is -1.15. The molecular weight excluding hydrogens is 216 g/mol. The third-order valence-electron chi connectivity index (χ3n) is 1.20. The van der Waals surface area contributed by atoms with Crippen LogP contribution in [0.1, 0.15) is 6.92 Å². The first-order valence-electron chi connectivity index (χ1n) is 3.53. The summed E-state index contributed by atoms with van der Waals surface area (Å²) in [5, 5.41) is -2.44. The molecule has 0 aliphatic rings. The van der Waals surface area contributed by atoms with Crippen molar-refractivity contribution in [2.24, 2.45) is 0 Å². The van der Waals surface area contributed by atoms with E-state index in [1.165, 1.54) is 6.92 Å². The maximum absolute atomic E-state index is 10.9. The van der Waals surface area contributed by atoms with Gasteiger partial charge in [0.05, 0.1) is 13.7 Å². The molecule has 0 bridgehead atoms. The first kappa shape index (κ1) is 12.8. The SMILES string of the molecule is CCOC(=O)C(C(=O)OC)S(=O)(=O)[O-]. The number of ether oxygens (including phenoxy) is 2. The Kier molecular flexibility index (Phi) is 4.51. The molecule has 0 saturated carbocycles. The largest absolute Gasteiger partial charge is 0.747 e. The highest BCUT2D eigenvalue weighted by molar-refractivity contribution is 7.88. The molecule has 1 atom stereocenters. The van der Waals surface area contributed by atoms with Crippen molar-refractivity contribution in [2.45, 2.75) is 12.2 Å². The van der Waals surface area contributed by atoms with Gasteiger partial charge in [-0.15, -0.1) is 0 Å². The fourth-order valence-corrected chi connectivity index (χ4v) is 1.29. The monoisotopic (exact) mass is 225 g/mol. The summed E-state index contributed by atoms with van der Waals surface area (Å²) in [4.78, 5) is 21.7. The molecule has 0 spiro atoms. The van der Waals surface area contributed by atoms with Crippen molar-refractivity contribution in [1.82, 2.24) is 0 Å². The average Bonchev–Trinajstić information content (AvgIpc) is 2.02. The van der Waals surface area contributed by atoms with Gasteiger partial charge in [-0.1, -0.05) is 0 Å². The van der Waals surface area contributed by atoms with Gasteiger partial charge in [0.15, 0.2) is 0 Å². The minimum Gasteiger partial charge on any atom is -0.747 e. The van der Waals surface area contributed by atoms with Crippen LogP contribution in [0.15, 0.2) is 0 Å². The van der Waals surface area contributed by atoms with E-state index in [2.05, 4.69) is 9.47 Å². The molecule has 0 radical (unpaired) electrons. The van der Waals surface area contributed by atoms with E-state index in [0.29, 0.717) is 0 Å². The quantitative estimate of drug-likeness (QED) is 0.330. The summed E-state index contributed by atoms with van der Waals surface area (Å²) in [5.74, 6) is -2.87. The number of methoxy groups -OCH3 is 1. The first-order chi connectivity index (χ1) is 6.34. The smallest absolute Gasteiger partial charge is 0.334 e. The summed E-state index contributed by atoms with van der Waals surface area (Å²) in [5.41, 5.74) is 0. The predicted octanol–water partition coefficient (Wildman–Crippen LogP) is -1.36. The number of esters is 2. The van der Waals surface area contributed by atoms with Crippen LogP contribution in [0, 0.1) is 0 Å². The van der Waals surface area contributed by atoms with E-state index in [9.17, 15) is 22.6 Å². The summed E-state index contributed by atoms with van der Waals surface area (Å²) in [6.07, 6.45) is 0. The van der Waals surface area contributed by atoms with Crippen LogP contribution in [0.25, 0.3) is 0 Å². The van der Waals surface area contributed by atoms with Crippen LogP contribution in [0.3, 0.4) is 0 Å². The van der Waals surface area contributed by atoms with Crippen molar-refractivity contribution in [2.75, 3.05) is 13.7 Å². The lowest BCUT2D eigenvalue weighted by molar-refractivity contribution is -0.152. The number of hydrogen-bond donors (Lipinski definition) is 0. The maximum atomic E-state index is 10.9. The minimum atomic E-state index is -5.10. The Morgan fingerprint density at radius 3 is 2.14 bits per heavy atom. The van der Waals surface area contributed by atoms with Gasteiger partial charge in [-0.2, -0.15) is 0 Å². The summed E-state index contributed by atoms with van der Waals surface area (Å²) >= 11 is 0. The van der Waals surface area contributed by atoms with E-state index >= 15 is 0 Å². The van der Waals surface area contributed by atoms with Gasteiger partial charge in [-0.05, 0) is 6.92 Å². The van der Waals surface area contributed by atoms with Crippen molar-refractivity contribution >= 4 is 22.1 Å². The van der Waals surface area contributed by atoms with E-state index < -0.39 is 27.3 Å². The Morgan fingerprint density at radius 1 is 1.36 bits per heavy atom. The molecule has 0 aromatic rings. The molecule has 0 saturated heterocycles. The van der Waals surface area contributed by atoms with Gasteiger partial charge in [-0.3, -0.25) is 9.59 Å². The van der Waals surface area contributed by atoms with E-state index in [1.54, 1.807) is 0 Å². The molecular formula is C6H9O7S-. The Morgan fingerprint density at radius 2 is 1.86 bits per heavy atom. The third-order valence-corrected chi connectivity index (χ3v) is 2.17. The molecule has 0 N–H and O–H groups in total. The number of hydrogen-bond acceptors (Lipinski definition) is 7. The second kappa shape index (κ2) is 4.91. The Bertz CT molecular complexity index is 317. The van der Waals surface area contributed by atoms with Crippen LogP contribution >= 0.6 is 0 Å². The normalized spacial score (nSPS) is 13.1. The highest BCUT2D eigenvalue weighted by Crippen LogP contribution is 2.03. The van der Waals surface area contributed by atoms with Crippen LogP contribution in [-0.2, 0) is 29.2 Å². The van der Waals surface area contributed by atoms with Crippen molar-refractivity contribution in [3.63, 3.8) is 0 Å². The fraction of sp³-hybridized carbons (Fsp3) is 0.667. The average molecular weight is 225 g/mol. The van der Waals surface area contributed by atoms with Gasteiger partial charge < -0.3 is 14.0 Å². The van der Waals surface area contributed by atoms with Gasteiger partial charge in [0, 0.05) is 0 Å². The fourth-order valence-electron chi connectivity index (χ4n) is 0.657. The zero-order valence-corrected chi connectivity index (χ0v) is 8.37. The van der Waals surface area contributed by atoms with Crippen LogP contribution in [0.2, 0.25) is 0 Å². The van der Waals surface area contributed by atoms with E-state index in [1.807, 2.05) is 0 Å². The second-order valence-corrected chi connectivity index (χ2v) is 3.61. The molecule has 0 aromatic carbocycles. The van der Waals surface area contributed by atoms with E-state index in [-0.39, 0.29) is 6.61 Å². The lowest BCUT2D eigenvalue weighted by Crippen LogP contribution is -2.39. The number of carbonyl (C=O) groups excluding carboxylic acids is 2. The lowest BCUT2D eigenvalue weighted by Gasteiger charge is -2.16. The second-order valence-electron chi connectivity index (χ2n) is 2.15. The van der Waals surface area contributed by atoms with Crippen molar-refractivity contribution < 1.29 is 32.0 Å². The van der Waals surface area contributed by atoms with Gasteiger partial charge >= 0.3 is 11.9 Å². The summed E-state index contributed by atoms with van der Waals surface area (Å²) < 4.78 is 39.7. The van der Waals surface area contributed by atoms with Crippen molar-refractivity contribution in [3.8, 4) is 0 Å². The molecule has 0 rings (SSSR count). The first-order valence-corrected chi connectivity index (χ1v) is 5.00. The van der Waals surface area contributed by atoms with Gasteiger partial charge in [0.25, 0.3) is 0 Å². The van der Waals surface area contributed by atoms with Crippen LogP contribution in [-0.4, -0.2) is 43.9 Å². The molecule has 0 amide bonds. The zero-order valence-electron chi connectivity index (χ0n) is 7.55. The molecule has 0 fully saturated rings. The highest BCUT2D eigenvalue weighted by atomic mass is 32.2. The standard InChI is InChI=1S/C6H10O7S/c1-3-13-6(8)4(5(7)12-2)14(9,10)11/h4H,3H2,1-2H3,(H,9,10,11)/p-1. The van der Waals surface area contributed by atoms with Crippen molar-refractivity contribution in [1.29, 1.82) is 0 Å². The van der Waals surface area contributed by atoms with Gasteiger partial charge in [0.2, 0.25) is 5.25 Å². The lowest BCUT2D eigenvalue weighted by atomic mass is 10.4. The zero-order chi connectivity index (χ0) is 11.4. The van der Waals surface area contributed by atoms with E-state index in [4.69, 9.17) is 0 Å². The van der Waals surface area contributed by atoms with Gasteiger partial charge in [0.1, 0.15) is 10.1 Å². The molecule has 14 heavy (non-hydrogen) atoms. The van der Waals surface area contributed by atoms with E-state index in [0.717, 1.165) is 7.11 Å². The maximum Gasteiger partial charge on any atom is 0.334 e. The molecule has 0 heterocycles. The molecule has 1 unspecified atom stereocenters. The molecule has 8 heteroatoms. The summed E-state index contributed by atoms with van der Waals surface area (Å²) in [6.45, 7) is 1.27. The van der Waals surface area contributed by atoms with Crippen LogP contribution in [0.4, 0.5) is 0 Å². The topological polar surface area (TPSA) is 110 Å². The summed E-state index contributed by atoms with van der Waals surface area (Å²) in [6, 6.07) is 0. The number of rotatable bonds is 4. The third kappa shape index (κ3) is 3.30. The molecule has 82 valence electrons.